The van der Waals surface area contributed by atoms with Crippen molar-refractivity contribution >= 4 is 22.5 Å². The van der Waals surface area contributed by atoms with Gasteiger partial charge in [-0.1, -0.05) is 6.07 Å². The zero-order valence-corrected chi connectivity index (χ0v) is 17.1. The molecule has 0 aliphatic rings. The Bertz CT molecular complexity index is 1240. The van der Waals surface area contributed by atoms with Gasteiger partial charge in [0.25, 0.3) is 0 Å². The SMILES string of the molecule is CCn1cc(NC(=O)Cc2ccc(Oc3ccnc4cc(F)ccc34)cc2OC)cn1. The van der Waals surface area contributed by atoms with Crippen LogP contribution in [0.4, 0.5) is 10.1 Å². The quantitative estimate of drug-likeness (QED) is 0.474. The summed E-state index contributed by atoms with van der Waals surface area (Å²) in [5, 5.41) is 7.66. The first-order valence-electron chi connectivity index (χ1n) is 9.77. The minimum absolute atomic E-state index is 0.137. The van der Waals surface area contributed by atoms with Gasteiger partial charge in [0, 0.05) is 42.0 Å². The number of aromatic nitrogens is 3. The van der Waals surface area contributed by atoms with Crippen molar-refractivity contribution < 1.29 is 18.7 Å². The van der Waals surface area contributed by atoms with E-state index in [4.69, 9.17) is 9.47 Å². The molecule has 0 aliphatic carbocycles. The van der Waals surface area contributed by atoms with Crippen LogP contribution in [0, 0.1) is 5.82 Å². The lowest BCUT2D eigenvalue weighted by Crippen LogP contribution is -2.14. The standard InChI is InChI=1S/C23H21FN4O3/c1-3-28-14-17(13-26-28)27-23(29)10-15-4-6-18(12-22(15)30-2)31-21-8-9-25-20-11-16(24)5-7-19(20)21/h4-9,11-14H,3,10H2,1-2H3,(H,27,29). The number of benzene rings is 2. The Morgan fingerprint density at radius 2 is 2.03 bits per heavy atom. The minimum atomic E-state index is -0.358. The molecule has 2 heterocycles. The van der Waals surface area contributed by atoms with Crippen molar-refractivity contribution in [2.45, 2.75) is 19.9 Å². The van der Waals surface area contributed by atoms with Crippen molar-refractivity contribution in [1.82, 2.24) is 14.8 Å². The van der Waals surface area contributed by atoms with Gasteiger partial charge in [-0.05, 0) is 31.2 Å². The molecule has 0 atom stereocenters. The highest BCUT2D eigenvalue weighted by Crippen LogP contribution is 2.32. The van der Waals surface area contributed by atoms with E-state index < -0.39 is 0 Å². The second-order valence-corrected chi connectivity index (χ2v) is 6.86. The second-order valence-electron chi connectivity index (χ2n) is 6.86. The third-order valence-corrected chi connectivity index (χ3v) is 4.74. The molecule has 0 bridgehead atoms. The molecule has 2 aromatic carbocycles. The monoisotopic (exact) mass is 420 g/mol. The van der Waals surface area contributed by atoms with Gasteiger partial charge in [0.05, 0.1) is 30.9 Å². The number of nitrogens with zero attached hydrogens (tertiary/aromatic N) is 3. The second kappa shape index (κ2) is 8.83. The van der Waals surface area contributed by atoms with Crippen LogP contribution >= 0.6 is 0 Å². The summed E-state index contributed by atoms with van der Waals surface area (Å²) in [6.45, 7) is 2.70. The predicted octanol–water partition coefficient (Wildman–Crippen LogP) is 4.57. The highest BCUT2D eigenvalue weighted by atomic mass is 19.1. The fourth-order valence-corrected chi connectivity index (χ4v) is 3.22. The van der Waals surface area contributed by atoms with Crippen molar-refractivity contribution in [2.24, 2.45) is 0 Å². The van der Waals surface area contributed by atoms with Gasteiger partial charge in [0.1, 0.15) is 23.1 Å². The van der Waals surface area contributed by atoms with Crippen LogP contribution in [-0.4, -0.2) is 27.8 Å². The van der Waals surface area contributed by atoms with Crippen LogP contribution in [-0.2, 0) is 17.8 Å². The van der Waals surface area contributed by atoms with E-state index in [1.165, 1.54) is 19.2 Å². The number of hydrogen-bond donors (Lipinski definition) is 1. The van der Waals surface area contributed by atoms with Gasteiger partial charge in [-0.3, -0.25) is 14.5 Å². The van der Waals surface area contributed by atoms with Crippen molar-refractivity contribution in [3.8, 4) is 17.2 Å². The molecule has 4 aromatic rings. The highest BCUT2D eigenvalue weighted by Gasteiger charge is 2.13. The third kappa shape index (κ3) is 4.63. The number of carbonyl (C=O) groups is 1. The van der Waals surface area contributed by atoms with E-state index in [2.05, 4.69) is 15.4 Å². The summed E-state index contributed by atoms with van der Waals surface area (Å²) in [6.07, 6.45) is 5.09. The van der Waals surface area contributed by atoms with Gasteiger partial charge in [-0.25, -0.2) is 4.39 Å². The average Bonchev–Trinajstić information content (AvgIpc) is 3.22. The molecular formula is C23H21FN4O3. The average molecular weight is 420 g/mol. The van der Waals surface area contributed by atoms with E-state index in [-0.39, 0.29) is 18.1 Å². The number of hydrogen-bond acceptors (Lipinski definition) is 5. The molecule has 8 heteroatoms. The molecule has 1 N–H and O–H groups in total. The lowest BCUT2D eigenvalue weighted by atomic mass is 10.1. The van der Waals surface area contributed by atoms with E-state index in [1.54, 1.807) is 53.6 Å². The summed E-state index contributed by atoms with van der Waals surface area (Å²) in [7, 11) is 1.54. The molecule has 2 aromatic heterocycles. The number of anilines is 1. The molecule has 1 amide bonds. The number of aryl methyl sites for hydroxylation is 1. The Kier molecular flexibility index (Phi) is 5.79. The van der Waals surface area contributed by atoms with E-state index in [9.17, 15) is 9.18 Å². The van der Waals surface area contributed by atoms with E-state index >= 15 is 0 Å². The van der Waals surface area contributed by atoms with Crippen LogP contribution in [0.15, 0.2) is 61.1 Å². The number of amides is 1. The zero-order chi connectivity index (χ0) is 21.8. The van der Waals surface area contributed by atoms with E-state index in [0.29, 0.717) is 33.8 Å². The maximum Gasteiger partial charge on any atom is 0.229 e. The van der Waals surface area contributed by atoms with E-state index in [0.717, 1.165) is 12.1 Å². The van der Waals surface area contributed by atoms with Crippen LogP contribution in [0.1, 0.15) is 12.5 Å². The Morgan fingerprint density at radius 1 is 1.16 bits per heavy atom. The number of fused-ring (bicyclic) bond motifs is 1. The first kappa shape index (κ1) is 20.3. The zero-order valence-electron chi connectivity index (χ0n) is 17.1. The largest absolute Gasteiger partial charge is 0.496 e. The Balaban J connectivity index is 1.51. The van der Waals surface area contributed by atoms with Gasteiger partial charge >= 0.3 is 0 Å². The molecule has 0 saturated heterocycles. The maximum absolute atomic E-state index is 13.5. The molecule has 31 heavy (non-hydrogen) atoms. The summed E-state index contributed by atoms with van der Waals surface area (Å²) in [4.78, 5) is 16.6. The molecule has 4 rings (SSSR count). The van der Waals surface area contributed by atoms with Gasteiger partial charge in [0.2, 0.25) is 5.91 Å². The predicted molar refractivity (Wildman–Crippen MR) is 115 cm³/mol. The van der Waals surface area contributed by atoms with Crippen LogP contribution < -0.4 is 14.8 Å². The van der Waals surface area contributed by atoms with Gasteiger partial charge in [-0.2, -0.15) is 5.10 Å². The lowest BCUT2D eigenvalue weighted by Gasteiger charge is -2.13. The third-order valence-electron chi connectivity index (χ3n) is 4.74. The number of rotatable bonds is 7. The number of methoxy groups -OCH3 is 1. The molecule has 0 spiro atoms. The van der Waals surface area contributed by atoms with Crippen molar-refractivity contribution in [2.75, 3.05) is 12.4 Å². The molecular weight excluding hydrogens is 399 g/mol. The van der Waals surface area contributed by atoms with Crippen LogP contribution in [0.2, 0.25) is 0 Å². The van der Waals surface area contributed by atoms with E-state index in [1.807, 2.05) is 6.92 Å². The van der Waals surface area contributed by atoms with Crippen LogP contribution in [0.5, 0.6) is 17.2 Å². The van der Waals surface area contributed by atoms with Crippen molar-refractivity contribution in [1.29, 1.82) is 0 Å². The minimum Gasteiger partial charge on any atom is -0.496 e. The number of halogens is 1. The smallest absolute Gasteiger partial charge is 0.229 e. The number of nitrogens with one attached hydrogen (secondary N) is 1. The summed E-state index contributed by atoms with van der Waals surface area (Å²) in [6, 6.07) is 11.3. The summed E-state index contributed by atoms with van der Waals surface area (Å²) in [5.41, 5.74) is 1.87. The number of ether oxygens (including phenoxy) is 2. The fourth-order valence-electron chi connectivity index (χ4n) is 3.22. The number of carbonyl (C=O) groups excluding carboxylic acids is 1. The van der Waals surface area contributed by atoms with Gasteiger partial charge in [0.15, 0.2) is 0 Å². The van der Waals surface area contributed by atoms with Gasteiger partial charge < -0.3 is 14.8 Å². The first-order chi connectivity index (χ1) is 15.1. The lowest BCUT2D eigenvalue weighted by molar-refractivity contribution is -0.115. The molecule has 0 saturated carbocycles. The van der Waals surface area contributed by atoms with Crippen LogP contribution in [0.3, 0.4) is 0 Å². The Morgan fingerprint density at radius 3 is 2.81 bits per heavy atom. The Labute approximate surface area is 178 Å². The molecule has 0 radical (unpaired) electrons. The highest BCUT2D eigenvalue weighted by molar-refractivity contribution is 5.92. The molecule has 0 unspecified atom stereocenters. The first-order valence-corrected chi connectivity index (χ1v) is 9.77. The van der Waals surface area contributed by atoms with Crippen molar-refractivity contribution in [3.63, 3.8) is 0 Å². The molecule has 0 fully saturated rings. The topological polar surface area (TPSA) is 78.3 Å². The summed E-state index contributed by atoms with van der Waals surface area (Å²) >= 11 is 0. The molecule has 0 aliphatic heterocycles. The fraction of sp³-hybridized carbons (Fsp3) is 0.174. The Hall–Kier alpha value is -3.94. The van der Waals surface area contributed by atoms with Crippen molar-refractivity contribution in [3.05, 3.63) is 72.4 Å². The maximum atomic E-state index is 13.5. The normalized spacial score (nSPS) is 10.8. The summed E-state index contributed by atoms with van der Waals surface area (Å²) < 4.78 is 26.7. The number of pyridine rings is 1. The van der Waals surface area contributed by atoms with Crippen LogP contribution in [0.25, 0.3) is 10.9 Å². The molecule has 7 nitrogen and oxygen atoms in total. The summed E-state index contributed by atoms with van der Waals surface area (Å²) in [5.74, 6) is 1.07. The van der Waals surface area contributed by atoms with Gasteiger partial charge in [-0.15, -0.1) is 0 Å². The molecule has 158 valence electrons.